The lowest BCUT2D eigenvalue weighted by Gasteiger charge is -2.35. The molecule has 0 bridgehead atoms. The van der Waals surface area contributed by atoms with Crippen LogP contribution in [0.25, 0.3) is 21.5 Å². The molecule has 1 amide bonds. The van der Waals surface area contributed by atoms with E-state index in [0.717, 1.165) is 42.3 Å². The van der Waals surface area contributed by atoms with Crippen molar-refractivity contribution in [2.45, 2.75) is 13.8 Å². The lowest BCUT2D eigenvalue weighted by molar-refractivity contribution is -0.129. The Morgan fingerprint density at radius 3 is 2.64 bits per heavy atom. The number of hydrogen-bond acceptors (Lipinski definition) is 5. The van der Waals surface area contributed by atoms with Gasteiger partial charge in [-0.3, -0.25) is 9.78 Å². The summed E-state index contributed by atoms with van der Waals surface area (Å²) in [6, 6.07) is 8.58. The number of hydrogen-bond donors (Lipinski definition) is 0. The van der Waals surface area contributed by atoms with E-state index in [-0.39, 0.29) is 5.91 Å². The van der Waals surface area contributed by atoms with Crippen LogP contribution in [0, 0.1) is 6.92 Å². The predicted molar refractivity (Wildman–Crippen MR) is 102 cm³/mol. The van der Waals surface area contributed by atoms with Crippen LogP contribution in [0.4, 0.5) is 5.69 Å². The number of pyridine rings is 1. The molecule has 0 radical (unpaired) electrons. The Hall–Kier alpha value is -2.47. The molecule has 128 valence electrons. The first-order valence-corrected chi connectivity index (χ1v) is 9.30. The summed E-state index contributed by atoms with van der Waals surface area (Å²) in [5, 5.41) is 1.18. The third kappa shape index (κ3) is 3.09. The van der Waals surface area contributed by atoms with Crippen molar-refractivity contribution in [3.8, 4) is 10.6 Å². The zero-order valence-corrected chi connectivity index (χ0v) is 15.2. The van der Waals surface area contributed by atoms with Gasteiger partial charge in [-0.25, -0.2) is 4.98 Å². The topological polar surface area (TPSA) is 49.3 Å². The summed E-state index contributed by atoms with van der Waals surface area (Å²) in [5.41, 5.74) is 6.24. The third-order valence-electron chi connectivity index (χ3n) is 4.77. The van der Waals surface area contributed by atoms with Gasteiger partial charge in [0, 0.05) is 50.4 Å². The second kappa shape index (κ2) is 6.44. The van der Waals surface area contributed by atoms with Crippen molar-refractivity contribution < 1.29 is 4.79 Å². The quantitative estimate of drug-likeness (QED) is 0.710. The fraction of sp³-hybridized carbons (Fsp3) is 0.316. The van der Waals surface area contributed by atoms with Gasteiger partial charge in [-0.1, -0.05) is 0 Å². The highest BCUT2D eigenvalue weighted by Gasteiger charge is 2.19. The smallest absolute Gasteiger partial charge is 0.219 e. The Balaban J connectivity index is 1.64. The van der Waals surface area contributed by atoms with Crippen molar-refractivity contribution in [2.75, 3.05) is 31.1 Å². The summed E-state index contributed by atoms with van der Waals surface area (Å²) < 4.78 is 0. The van der Waals surface area contributed by atoms with Crippen LogP contribution in [0.2, 0.25) is 0 Å². The first-order valence-electron chi connectivity index (χ1n) is 8.42. The van der Waals surface area contributed by atoms with Crippen LogP contribution in [-0.2, 0) is 4.79 Å². The Morgan fingerprint density at radius 1 is 1.16 bits per heavy atom. The Labute approximate surface area is 150 Å². The van der Waals surface area contributed by atoms with Crippen LogP contribution in [0.1, 0.15) is 12.5 Å². The van der Waals surface area contributed by atoms with Crippen LogP contribution in [0.3, 0.4) is 0 Å². The molecule has 2 aromatic heterocycles. The SMILES string of the molecule is CC(=O)N1CCN(c2ccc3nc(-c4cncs4)cc(C)c3c2)CC1. The van der Waals surface area contributed by atoms with Gasteiger partial charge >= 0.3 is 0 Å². The number of aryl methyl sites for hydroxylation is 1. The molecule has 0 unspecified atom stereocenters. The summed E-state index contributed by atoms with van der Waals surface area (Å²) in [7, 11) is 0. The molecular formula is C19H20N4OS. The average Bonchev–Trinajstić information content (AvgIpc) is 3.16. The van der Waals surface area contributed by atoms with E-state index in [0.29, 0.717) is 0 Å². The van der Waals surface area contributed by atoms with E-state index in [1.807, 2.05) is 16.6 Å². The highest BCUT2D eigenvalue weighted by molar-refractivity contribution is 7.13. The maximum atomic E-state index is 11.5. The number of aromatic nitrogens is 2. The van der Waals surface area contributed by atoms with Gasteiger partial charge < -0.3 is 9.80 Å². The molecular weight excluding hydrogens is 332 g/mol. The largest absolute Gasteiger partial charge is 0.368 e. The molecule has 0 N–H and O–H groups in total. The molecule has 0 spiro atoms. The summed E-state index contributed by atoms with van der Waals surface area (Å²) in [6.07, 6.45) is 1.86. The second-order valence-corrected chi connectivity index (χ2v) is 7.27. The summed E-state index contributed by atoms with van der Waals surface area (Å²) in [4.78, 5) is 25.8. The number of nitrogens with zero attached hydrogens (tertiary/aromatic N) is 4. The number of fused-ring (bicyclic) bond motifs is 1. The minimum Gasteiger partial charge on any atom is -0.368 e. The minimum atomic E-state index is 0.161. The summed E-state index contributed by atoms with van der Waals surface area (Å²) in [6.45, 7) is 7.09. The van der Waals surface area contributed by atoms with Crippen molar-refractivity contribution in [1.29, 1.82) is 0 Å². The van der Waals surface area contributed by atoms with Crippen LogP contribution in [0.5, 0.6) is 0 Å². The molecule has 6 heteroatoms. The number of thiazole rings is 1. The second-order valence-electron chi connectivity index (χ2n) is 6.38. The molecule has 0 atom stereocenters. The maximum absolute atomic E-state index is 11.5. The number of rotatable bonds is 2. The number of benzene rings is 1. The van der Waals surface area contributed by atoms with Crippen molar-refractivity contribution in [3.05, 3.63) is 41.5 Å². The molecule has 5 nitrogen and oxygen atoms in total. The zero-order valence-electron chi connectivity index (χ0n) is 14.4. The van der Waals surface area contributed by atoms with Crippen LogP contribution in [0.15, 0.2) is 36.0 Å². The maximum Gasteiger partial charge on any atom is 0.219 e. The molecule has 1 fully saturated rings. The molecule has 25 heavy (non-hydrogen) atoms. The van der Waals surface area contributed by atoms with E-state index in [4.69, 9.17) is 4.98 Å². The van der Waals surface area contributed by atoms with Crippen molar-refractivity contribution in [2.24, 2.45) is 0 Å². The number of piperazine rings is 1. The van der Waals surface area contributed by atoms with E-state index >= 15 is 0 Å². The fourth-order valence-corrected chi connectivity index (χ4v) is 3.91. The van der Waals surface area contributed by atoms with Crippen molar-refractivity contribution >= 4 is 33.8 Å². The third-order valence-corrected chi connectivity index (χ3v) is 5.57. The summed E-state index contributed by atoms with van der Waals surface area (Å²) >= 11 is 1.61. The molecule has 1 aromatic carbocycles. The van der Waals surface area contributed by atoms with Gasteiger partial charge in [0.2, 0.25) is 5.91 Å². The van der Waals surface area contributed by atoms with Crippen molar-refractivity contribution in [1.82, 2.24) is 14.9 Å². The van der Waals surface area contributed by atoms with E-state index in [1.165, 1.54) is 16.6 Å². The highest BCUT2D eigenvalue weighted by atomic mass is 32.1. The fourth-order valence-electron chi connectivity index (χ4n) is 3.33. The summed E-state index contributed by atoms with van der Waals surface area (Å²) in [5.74, 6) is 0.161. The Kier molecular flexibility index (Phi) is 4.13. The molecule has 1 saturated heterocycles. The Morgan fingerprint density at radius 2 is 1.96 bits per heavy atom. The van der Waals surface area contributed by atoms with Gasteiger partial charge in [0.25, 0.3) is 0 Å². The van der Waals surface area contributed by atoms with Crippen molar-refractivity contribution in [3.63, 3.8) is 0 Å². The lowest BCUT2D eigenvalue weighted by Crippen LogP contribution is -2.48. The number of carbonyl (C=O) groups excluding carboxylic acids is 1. The standard InChI is InChI=1S/C19H20N4OS/c1-13-9-18(19-11-20-12-25-19)21-17-4-3-15(10-16(13)17)23-7-5-22(6-8-23)14(2)24/h3-4,9-12H,5-8H2,1-2H3. The molecule has 0 aliphatic carbocycles. The van der Waals surface area contributed by atoms with Crippen LogP contribution < -0.4 is 4.90 Å². The van der Waals surface area contributed by atoms with Gasteiger partial charge in [-0.15, -0.1) is 11.3 Å². The first kappa shape index (κ1) is 16.0. The molecule has 1 aliphatic heterocycles. The number of amides is 1. The predicted octanol–water partition coefficient (Wildman–Crippen LogP) is 3.34. The molecule has 3 aromatic rings. The minimum absolute atomic E-state index is 0.161. The monoisotopic (exact) mass is 352 g/mol. The number of carbonyl (C=O) groups is 1. The van der Waals surface area contributed by atoms with Gasteiger partial charge in [0.1, 0.15) is 0 Å². The lowest BCUT2D eigenvalue weighted by atomic mass is 10.1. The molecule has 4 rings (SSSR count). The van der Waals surface area contributed by atoms with E-state index in [1.54, 1.807) is 18.3 Å². The average molecular weight is 352 g/mol. The van der Waals surface area contributed by atoms with Crippen LogP contribution >= 0.6 is 11.3 Å². The van der Waals surface area contributed by atoms with E-state index in [2.05, 4.69) is 41.1 Å². The van der Waals surface area contributed by atoms with Crippen LogP contribution in [-0.4, -0.2) is 47.0 Å². The molecule has 1 aliphatic rings. The van der Waals surface area contributed by atoms with Gasteiger partial charge in [-0.05, 0) is 36.8 Å². The van der Waals surface area contributed by atoms with E-state index in [9.17, 15) is 4.79 Å². The van der Waals surface area contributed by atoms with E-state index < -0.39 is 0 Å². The van der Waals surface area contributed by atoms with Gasteiger partial charge in [0.15, 0.2) is 0 Å². The first-order chi connectivity index (χ1) is 12.1. The van der Waals surface area contributed by atoms with Gasteiger partial charge in [0.05, 0.1) is 21.6 Å². The zero-order chi connectivity index (χ0) is 17.4. The highest BCUT2D eigenvalue weighted by Crippen LogP contribution is 2.29. The molecule has 3 heterocycles. The number of anilines is 1. The normalized spacial score (nSPS) is 15.0. The van der Waals surface area contributed by atoms with Gasteiger partial charge in [-0.2, -0.15) is 0 Å². The Bertz CT molecular complexity index is 915. The molecule has 0 saturated carbocycles.